The van der Waals surface area contributed by atoms with Crippen molar-refractivity contribution in [2.45, 2.75) is 64.4 Å². The molecule has 0 radical (unpaired) electrons. The second-order valence-electron chi connectivity index (χ2n) is 10.1. The summed E-state index contributed by atoms with van der Waals surface area (Å²) in [6.45, 7) is 2.62. The zero-order valence-corrected chi connectivity index (χ0v) is 24.4. The van der Waals surface area contributed by atoms with Crippen LogP contribution < -0.4 is 4.74 Å². The minimum Gasteiger partial charge on any atom is -0.487 e. The van der Waals surface area contributed by atoms with Crippen molar-refractivity contribution in [3.05, 3.63) is 84.6 Å². The van der Waals surface area contributed by atoms with E-state index >= 15 is 0 Å². The first-order valence-electron chi connectivity index (χ1n) is 12.9. The average Bonchev–Trinajstić information content (AvgIpc) is 2.87. The van der Waals surface area contributed by atoms with Crippen LogP contribution in [0.15, 0.2) is 67.9 Å². The number of ether oxygens (including phenoxy) is 1. The maximum Gasteiger partial charge on any atom is 0.305 e. The molecule has 0 spiro atoms. The Labute approximate surface area is 239 Å². The van der Waals surface area contributed by atoms with Gasteiger partial charge in [0, 0.05) is 57.9 Å². The number of hydrogen-bond donors (Lipinski definition) is 1. The van der Waals surface area contributed by atoms with Gasteiger partial charge in [0.15, 0.2) is 11.6 Å². The predicted octanol–water partition coefficient (Wildman–Crippen LogP) is 6.99. The van der Waals surface area contributed by atoms with E-state index in [-0.39, 0.29) is 24.5 Å². The summed E-state index contributed by atoms with van der Waals surface area (Å²) in [4.78, 5) is 40.6. The maximum absolute atomic E-state index is 13.6. The predicted molar refractivity (Wildman–Crippen MR) is 151 cm³/mol. The fourth-order valence-electron chi connectivity index (χ4n) is 5.79. The summed E-state index contributed by atoms with van der Waals surface area (Å²) in [5, 5.41) is 9.42. The van der Waals surface area contributed by atoms with Crippen LogP contribution in [0, 0.1) is 6.92 Å². The molecule has 38 heavy (non-hydrogen) atoms. The fraction of sp³-hybridized carbons (Fsp3) is 0.367. The fourth-order valence-corrected chi connectivity index (χ4v) is 7.16. The van der Waals surface area contributed by atoms with Crippen molar-refractivity contribution in [1.29, 1.82) is 0 Å². The lowest BCUT2D eigenvalue weighted by atomic mass is 9.70. The Bertz CT molecular complexity index is 1330. The number of nitrogens with zero attached hydrogens (tertiary/aromatic N) is 1. The van der Waals surface area contributed by atoms with Crippen molar-refractivity contribution in [2.24, 2.45) is 0 Å². The molecular weight excluding hydrogens is 614 g/mol. The van der Waals surface area contributed by atoms with Crippen LogP contribution in [0.25, 0.3) is 0 Å². The van der Waals surface area contributed by atoms with Crippen molar-refractivity contribution in [2.75, 3.05) is 6.54 Å². The molecule has 0 atom stereocenters. The lowest BCUT2D eigenvalue weighted by Gasteiger charge is -2.44. The SMILES string of the molecule is Cc1ccc(COc2c(Br)cc(Br)cc2C2C3=C(CCCC3=O)N(CCC(=O)O)C3=C2C(=O)CCC3)cc1. The summed E-state index contributed by atoms with van der Waals surface area (Å²) in [5.41, 5.74) is 5.90. The van der Waals surface area contributed by atoms with Gasteiger partial charge in [-0.15, -0.1) is 0 Å². The van der Waals surface area contributed by atoms with Crippen LogP contribution in [0.3, 0.4) is 0 Å². The van der Waals surface area contributed by atoms with E-state index in [0.717, 1.165) is 31.5 Å². The van der Waals surface area contributed by atoms with Gasteiger partial charge in [0.25, 0.3) is 0 Å². The zero-order valence-electron chi connectivity index (χ0n) is 21.2. The second-order valence-corrected chi connectivity index (χ2v) is 11.9. The number of allylic oxidation sites excluding steroid dienone is 4. The quantitative estimate of drug-likeness (QED) is 0.351. The maximum atomic E-state index is 13.6. The number of Topliss-reactive ketones (excluding diaryl/α,β-unsaturated/α-hetero) is 2. The van der Waals surface area contributed by atoms with Gasteiger partial charge >= 0.3 is 5.97 Å². The number of aliphatic carboxylic acids is 1. The molecule has 2 aliphatic carbocycles. The van der Waals surface area contributed by atoms with Crippen molar-refractivity contribution in [1.82, 2.24) is 4.90 Å². The van der Waals surface area contributed by atoms with Gasteiger partial charge in [-0.25, -0.2) is 0 Å². The molecule has 3 aliphatic rings. The molecule has 0 aromatic heterocycles. The van der Waals surface area contributed by atoms with Crippen LogP contribution in [0.2, 0.25) is 0 Å². The van der Waals surface area contributed by atoms with Gasteiger partial charge in [0.2, 0.25) is 0 Å². The van der Waals surface area contributed by atoms with Gasteiger partial charge in [-0.3, -0.25) is 14.4 Å². The lowest BCUT2D eigenvalue weighted by Crippen LogP contribution is -2.40. The summed E-state index contributed by atoms with van der Waals surface area (Å²) >= 11 is 7.29. The Morgan fingerprint density at radius 2 is 1.58 bits per heavy atom. The van der Waals surface area contributed by atoms with Crippen molar-refractivity contribution in [3.63, 3.8) is 0 Å². The molecule has 8 heteroatoms. The lowest BCUT2D eigenvalue weighted by molar-refractivity contribution is -0.137. The highest BCUT2D eigenvalue weighted by atomic mass is 79.9. The number of carboxylic acid groups (broad SMARTS) is 1. The van der Waals surface area contributed by atoms with E-state index in [1.54, 1.807) is 0 Å². The number of ketones is 2. The van der Waals surface area contributed by atoms with E-state index in [9.17, 15) is 19.5 Å². The van der Waals surface area contributed by atoms with E-state index in [0.29, 0.717) is 62.0 Å². The number of hydrogen-bond acceptors (Lipinski definition) is 5. The zero-order chi connectivity index (χ0) is 27.0. The Morgan fingerprint density at radius 3 is 2.16 bits per heavy atom. The molecule has 1 heterocycles. The third-order valence-corrected chi connectivity index (χ3v) is 8.53. The highest BCUT2D eigenvalue weighted by molar-refractivity contribution is 9.11. The molecule has 198 valence electrons. The number of carbonyl (C=O) groups is 3. The number of carboxylic acids is 1. The Morgan fingerprint density at radius 1 is 0.974 bits per heavy atom. The molecule has 1 aliphatic heterocycles. The molecule has 5 rings (SSSR count). The van der Waals surface area contributed by atoms with Gasteiger partial charge in [-0.05, 0) is 66.2 Å². The van der Waals surface area contributed by atoms with Crippen LogP contribution in [0.1, 0.15) is 67.6 Å². The number of benzene rings is 2. The number of aryl methyl sites for hydroxylation is 1. The second kappa shape index (κ2) is 11.2. The largest absolute Gasteiger partial charge is 0.487 e. The van der Waals surface area contributed by atoms with Crippen molar-refractivity contribution < 1.29 is 24.2 Å². The minimum atomic E-state index is -0.900. The van der Waals surface area contributed by atoms with Crippen LogP contribution in [-0.2, 0) is 21.0 Å². The van der Waals surface area contributed by atoms with Gasteiger partial charge in [-0.1, -0.05) is 45.8 Å². The topological polar surface area (TPSA) is 83.9 Å². The molecule has 0 saturated heterocycles. The molecule has 1 N–H and O–H groups in total. The molecular formula is C30H29Br2NO5. The minimum absolute atomic E-state index is 0.0158. The third kappa shape index (κ3) is 5.25. The van der Waals surface area contributed by atoms with Crippen LogP contribution in [0.4, 0.5) is 0 Å². The van der Waals surface area contributed by atoms with E-state index in [2.05, 4.69) is 31.9 Å². The molecule has 2 aromatic carbocycles. The summed E-state index contributed by atoms with van der Waals surface area (Å²) < 4.78 is 7.96. The summed E-state index contributed by atoms with van der Waals surface area (Å²) in [5.74, 6) is -0.815. The summed E-state index contributed by atoms with van der Waals surface area (Å²) in [6.07, 6.45) is 3.54. The van der Waals surface area contributed by atoms with Crippen LogP contribution in [0.5, 0.6) is 5.75 Å². The molecule has 6 nitrogen and oxygen atoms in total. The molecule has 0 fully saturated rings. The summed E-state index contributed by atoms with van der Waals surface area (Å²) in [6, 6.07) is 12.0. The van der Waals surface area contributed by atoms with Gasteiger partial charge in [0.05, 0.1) is 10.9 Å². The number of rotatable bonds is 7. The Hall–Kier alpha value is -2.71. The summed E-state index contributed by atoms with van der Waals surface area (Å²) in [7, 11) is 0. The standard InChI is InChI=1S/C30H29Br2NO5/c1-17-8-10-18(11-9-17)16-38-30-20(14-19(31)15-21(30)32)27-28-22(4-2-6-24(28)34)33(13-12-26(36)37)23-5-3-7-25(35)29(23)27/h8-11,14-15,27H,2-7,12-13,16H2,1H3,(H,36,37). The normalized spacial score (nSPS) is 18.0. The van der Waals surface area contributed by atoms with E-state index < -0.39 is 11.9 Å². The molecule has 0 bridgehead atoms. The van der Waals surface area contributed by atoms with Crippen LogP contribution >= 0.6 is 31.9 Å². The highest BCUT2D eigenvalue weighted by Crippen LogP contribution is 2.52. The Balaban J connectivity index is 1.66. The molecule has 2 aromatic rings. The van der Waals surface area contributed by atoms with Gasteiger partial charge < -0.3 is 14.7 Å². The highest BCUT2D eigenvalue weighted by Gasteiger charge is 2.44. The Kier molecular flexibility index (Phi) is 7.91. The van der Waals surface area contributed by atoms with Gasteiger partial charge in [-0.2, -0.15) is 0 Å². The molecule has 0 amide bonds. The molecule has 0 saturated carbocycles. The van der Waals surface area contributed by atoms with E-state index in [1.807, 2.05) is 48.2 Å². The van der Waals surface area contributed by atoms with Crippen molar-refractivity contribution in [3.8, 4) is 5.75 Å². The van der Waals surface area contributed by atoms with E-state index in [4.69, 9.17) is 4.74 Å². The third-order valence-electron chi connectivity index (χ3n) is 7.49. The first-order valence-corrected chi connectivity index (χ1v) is 14.5. The smallest absolute Gasteiger partial charge is 0.305 e. The molecule has 0 unspecified atom stereocenters. The van der Waals surface area contributed by atoms with Crippen LogP contribution in [-0.4, -0.2) is 34.1 Å². The number of halogens is 2. The first-order chi connectivity index (χ1) is 18.2. The number of carbonyl (C=O) groups excluding carboxylic acids is 2. The van der Waals surface area contributed by atoms with Crippen molar-refractivity contribution >= 4 is 49.4 Å². The van der Waals surface area contributed by atoms with Gasteiger partial charge in [0.1, 0.15) is 12.4 Å². The van der Waals surface area contributed by atoms with E-state index in [1.165, 1.54) is 5.56 Å². The first kappa shape index (κ1) is 26.9. The average molecular weight is 643 g/mol. The monoisotopic (exact) mass is 641 g/mol.